The minimum Gasteiger partial charge on any atom is -0.488 e. The van der Waals surface area contributed by atoms with Crippen LogP contribution in [0.3, 0.4) is 0 Å². The molecule has 0 spiro atoms. The second kappa shape index (κ2) is 12.4. The number of anilines is 2. The van der Waals surface area contributed by atoms with E-state index in [2.05, 4.69) is 15.3 Å². The number of hydrogen-bond donors (Lipinski definition) is 1. The van der Waals surface area contributed by atoms with E-state index < -0.39 is 31.9 Å². The fourth-order valence-electron chi connectivity index (χ4n) is 4.69. The van der Waals surface area contributed by atoms with Gasteiger partial charge in [0.15, 0.2) is 20.9 Å². The molecule has 4 aromatic rings. The molecule has 1 aliphatic rings. The Bertz CT molecular complexity index is 1780. The average Bonchev–Trinajstić information content (AvgIpc) is 3.45. The van der Waals surface area contributed by atoms with Gasteiger partial charge in [0.2, 0.25) is 0 Å². The summed E-state index contributed by atoms with van der Waals surface area (Å²) in [6.07, 6.45) is 4.77. The van der Waals surface area contributed by atoms with Gasteiger partial charge in [-0.1, -0.05) is 23.7 Å². The van der Waals surface area contributed by atoms with Crippen molar-refractivity contribution in [3.05, 3.63) is 101 Å². The lowest BCUT2D eigenvalue weighted by atomic mass is 9.90. The maximum atomic E-state index is 15.6. The van der Waals surface area contributed by atoms with Gasteiger partial charge in [-0.05, 0) is 68.8 Å². The summed E-state index contributed by atoms with van der Waals surface area (Å²) in [7, 11) is -3.55. The number of ether oxygens (including phenoxy) is 3. The van der Waals surface area contributed by atoms with Crippen molar-refractivity contribution in [2.75, 3.05) is 11.9 Å². The standard InChI is InChI=1S/C31H30ClF2N3O5S/c1-19(2)43(38,39)20(3)41-17-31(10-5-11-42-31)25-14-24-28(15-27(25)34)35-18-36-30(24)37-23-8-9-29(26(32)13-23)40-16-21-6-4-7-22(33)12-21/h4-9,11-15,18-20H,10,16-17H2,1-3H3,(H,35,36,37). The quantitative estimate of drug-likeness (QED) is 0.186. The van der Waals surface area contributed by atoms with Gasteiger partial charge in [-0.3, -0.25) is 0 Å². The molecule has 12 heteroatoms. The third kappa shape index (κ3) is 6.58. The molecule has 0 saturated carbocycles. The summed E-state index contributed by atoms with van der Waals surface area (Å²) in [6, 6.07) is 14.0. The van der Waals surface area contributed by atoms with Crippen LogP contribution in [0.25, 0.3) is 10.9 Å². The number of fused-ring (bicyclic) bond motifs is 1. The lowest BCUT2D eigenvalue weighted by Gasteiger charge is -2.31. The molecule has 43 heavy (non-hydrogen) atoms. The van der Waals surface area contributed by atoms with Crippen molar-refractivity contribution < 1.29 is 31.4 Å². The number of hydrogen-bond acceptors (Lipinski definition) is 8. The van der Waals surface area contributed by atoms with Gasteiger partial charge >= 0.3 is 0 Å². The van der Waals surface area contributed by atoms with Crippen LogP contribution in [0.5, 0.6) is 5.75 Å². The van der Waals surface area contributed by atoms with E-state index in [0.717, 1.165) is 0 Å². The summed E-state index contributed by atoms with van der Waals surface area (Å²) in [6.45, 7) is 4.56. The second-order valence-electron chi connectivity index (χ2n) is 10.5. The third-order valence-corrected chi connectivity index (χ3v) is 9.87. The Morgan fingerprint density at radius 2 is 1.91 bits per heavy atom. The SMILES string of the molecule is CC(C)S(=O)(=O)C(C)OCC1(c2cc3c(Nc4ccc(OCc5cccc(F)c5)c(Cl)c4)ncnc3cc2F)CC=CO1. The summed E-state index contributed by atoms with van der Waals surface area (Å²) in [5.74, 6) is -0.134. The average molecular weight is 630 g/mol. The molecule has 0 amide bonds. The Hall–Kier alpha value is -3.80. The van der Waals surface area contributed by atoms with E-state index in [4.69, 9.17) is 25.8 Å². The predicted octanol–water partition coefficient (Wildman–Crippen LogP) is 7.20. The molecule has 0 bridgehead atoms. The van der Waals surface area contributed by atoms with E-state index in [9.17, 15) is 12.8 Å². The zero-order valence-corrected chi connectivity index (χ0v) is 25.3. The largest absolute Gasteiger partial charge is 0.488 e. The van der Waals surface area contributed by atoms with Crippen molar-refractivity contribution in [3.8, 4) is 5.75 Å². The van der Waals surface area contributed by atoms with Gasteiger partial charge in [-0.25, -0.2) is 27.2 Å². The summed E-state index contributed by atoms with van der Waals surface area (Å²) in [4.78, 5) is 8.58. The summed E-state index contributed by atoms with van der Waals surface area (Å²) < 4.78 is 71.6. The van der Waals surface area contributed by atoms with Crippen molar-refractivity contribution in [1.82, 2.24) is 9.97 Å². The lowest BCUT2D eigenvalue weighted by Crippen LogP contribution is -2.37. The van der Waals surface area contributed by atoms with Gasteiger partial charge in [0.25, 0.3) is 0 Å². The Balaban J connectivity index is 1.40. The minimum atomic E-state index is -3.55. The van der Waals surface area contributed by atoms with E-state index in [0.29, 0.717) is 38.7 Å². The molecule has 8 nitrogen and oxygen atoms in total. The first kappa shape index (κ1) is 30.7. The number of rotatable bonds is 11. The highest BCUT2D eigenvalue weighted by molar-refractivity contribution is 7.92. The number of aromatic nitrogens is 2. The molecule has 5 rings (SSSR count). The second-order valence-corrected chi connectivity index (χ2v) is 13.7. The van der Waals surface area contributed by atoms with E-state index >= 15 is 4.39 Å². The van der Waals surface area contributed by atoms with Crippen LogP contribution < -0.4 is 10.1 Å². The first-order valence-electron chi connectivity index (χ1n) is 13.5. The van der Waals surface area contributed by atoms with Crippen LogP contribution in [0.4, 0.5) is 20.3 Å². The van der Waals surface area contributed by atoms with Crippen LogP contribution in [-0.4, -0.2) is 35.7 Å². The maximum absolute atomic E-state index is 15.6. The molecule has 3 aromatic carbocycles. The summed E-state index contributed by atoms with van der Waals surface area (Å²) in [5, 5.41) is 3.38. The van der Waals surface area contributed by atoms with Crippen LogP contribution in [0.2, 0.25) is 5.02 Å². The Morgan fingerprint density at radius 3 is 2.60 bits per heavy atom. The van der Waals surface area contributed by atoms with Gasteiger partial charge in [0, 0.05) is 29.1 Å². The smallest absolute Gasteiger partial charge is 0.179 e. The first-order chi connectivity index (χ1) is 20.5. The highest BCUT2D eigenvalue weighted by Gasteiger charge is 2.40. The molecule has 2 atom stereocenters. The molecule has 1 aliphatic heterocycles. The number of sulfone groups is 1. The van der Waals surface area contributed by atoms with Gasteiger partial charge in [0.1, 0.15) is 36.1 Å². The fourth-order valence-corrected chi connectivity index (χ4v) is 5.95. The van der Waals surface area contributed by atoms with Crippen molar-refractivity contribution in [3.63, 3.8) is 0 Å². The van der Waals surface area contributed by atoms with E-state index in [1.165, 1.54) is 37.7 Å². The van der Waals surface area contributed by atoms with Crippen molar-refractivity contribution in [2.45, 2.75) is 50.1 Å². The molecule has 0 saturated heterocycles. The van der Waals surface area contributed by atoms with Crippen LogP contribution in [0, 0.1) is 11.6 Å². The third-order valence-electron chi connectivity index (χ3n) is 7.20. The van der Waals surface area contributed by atoms with Crippen LogP contribution >= 0.6 is 11.6 Å². The van der Waals surface area contributed by atoms with Crippen LogP contribution in [-0.2, 0) is 31.5 Å². The van der Waals surface area contributed by atoms with Gasteiger partial charge in [0.05, 0.1) is 28.7 Å². The zero-order valence-electron chi connectivity index (χ0n) is 23.7. The monoisotopic (exact) mass is 629 g/mol. The lowest BCUT2D eigenvalue weighted by molar-refractivity contribution is -0.0530. The maximum Gasteiger partial charge on any atom is 0.179 e. The molecule has 0 aliphatic carbocycles. The van der Waals surface area contributed by atoms with Gasteiger partial charge in [-0.2, -0.15) is 0 Å². The van der Waals surface area contributed by atoms with E-state index in [1.54, 1.807) is 56.3 Å². The zero-order chi connectivity index (χ0) is 30.8. The Morgan fingerprint density at radius 1 is 1.09 bits per heavy atom. The molecule has 226 valence electrons. The molecule has 1 aromatic heterocycles. The molecular formula is C31H30ClF2N3O5S. The summed E-state index contributed by atoms with van der Waals surface area (Å²) >= 11 is 6.47. The molecular weight excluding hydrogens is 600 g/mol. The van der Waals surface area contributed by atoms with Crippen LogP contribution in [0.1, 0.15) is 38.3 Å². The van der Waals surface area contributed by atoms with Crippen molar-refractivity contribution in [2.24, 2.45) is 0 Å². The highest BCUT2D eigenvalue weighted by Crippen LogP contribution is 2.40. The number of nitrogens with zero attached hydrogens (tertiary/aromatic N) is 2. The normalized spacial score (nSPS) is 17.3. The van der Waals surface area contributed by atoms with E-state index in [-0.39, 0.29) is 31.0 Å². The molecule has 2 heterocycles. The van der Waals surface area contributed by atoms with Crippen LogP contribution in [0.15, 0.2) is 73.3 Å². The topological polar surface area (TPSA) is 99.6 Å². The predicted molar refractivity (Wildman–Crippen MR) is 161 cm³/mol. The van der Waals surface area contributed by atoms with Crippen molar-refractivity contribution >= 4 is 43.8 Å². The number of benzene rings is 3. The molecule has 0 radical (unpaired) electrons. The molecule has 1 N–H and O–H groups in total. The number of halogens is 3. The van der Waals surface area contributed by atoms with Gasteiger partial charge in [-0.15, -0.1) is 0 Å². The van der Waals surface area contributed by atoms with Gasteiger partial charge < -0.3 is 19.5 Å². The van der Waals surface area contributed by atoms with Crippen molar-refractivity contribution in [1.29, 1.82) is 0 Å². The Kier molecular flexibility index (Phi) is 8.86. The fraction of sp³-hybridized carbons (Fsp3) is 0.290. The number of nitrogens with one attached hydrogen (secondary N) is 1. The molecule has 0 fully saturated rings. The van der Waals surface area contributed by atoms with E-state index in [1.807, 2.05) is 0 Å². The summed E-state index contributed by atoms with van der Waals surface area (Å²) in [5.41, 5.74) is -0.624. The minimum absolute atomic E-state index is 0.139. The first-order valence-corrected chi connectivity index (χ1v) is 15.5. The highest BCUT2D eigenvalue weighted by atomic mass is 35.5. The molecule has 2 unspecified atom stereocenters. The Labute approximate surface area is 253 Å².